The van der Waals surface area contributed by atoms with Crippen molar-refractivity contribution in [2.45, 2.75) is 37.2 Å². The molecule has 0 aliphatic carbocycles. The first-order valence-corrected chi connectivity index (χ1v) is 11.6. The molecule has 0 saturated carbocycles. The number of fused-ring (bicyclic) bond motifs is 1. The van der Waals surface area contributed by atoms with Crippen molar-refractivity contribution in [3.63, 3.8) is 0 Å². The quantitative estimate of drug-likeness (QED) is 0.623. The SMILES string of the molecule is CC1CN(S(=O)(=O)c2ccc3c(c2)oc(=O)n3C)CC(C)N1CCc1ccccc1. The van der Waals surface area contributed by atoms with Gasteiger partial charge in [0.15, 0.2) is 5.58 Å². The van der Waals surface area contributed by atoms with Gasteiger partial charge in [0.05, 0.1) is 10.4 Å². The van der Waals surface area contributed by atoms with Crippen molar-refractivity contribution in [3.8, 4) is 0 Å². The van der Waals surface area contributed by atoms with Gasteiger partial charge < -0.3 is 4.42 Å². The Hall–Kier alpha value is -2.42. The predicted octanol–water partition coefficient (Wildman–Crippen LogP) is 2.46. The standard InChI is InChI=1S/C22H27N3O4S/c1-16-14-24(15-17(2)25(16)12-11-18-7-5-4-6-8-18)30(27,28)19-9-10-20-21(13-19)29-22(26)23(20)3/h4-10,13,16-17H,11-12,14-15H2,1-3H3. The van der Waals surface area contributed by atoms with Gasteiger partial charge in [-0.05, 0) is 38.0 Å². The Morgan fingerprint density at radius 1 is 1.03 bits per heavy atom. The molecule has 0 amide bonds. The third kappa shape index (κ3) is 3.82. The Labute approximate surface area is 176 Å². The van der Waals surface area contributed by atoms with Gasteiger partial charge in [0, 0.05) is 44.8 Å². The van der Waals surface area contributed by atoms with Gasteiger partial charge in [0.2, 0.25) is 10.0 Å². The van der Waals surface area contributed by atoms with Gasteiger partial charge in [-0.3, -0.25) is 9.47 Å². The van der Waals surface area contributed by atoms with E-state index in [1.54, 1.807) is 23.5 Å². The summed E-state index contributed by atoms with van der Waals surface area (Å²) in [7, 11) is -2.08. The number of benzene rings is 2. The third-order valence-corrected chi connectivity index (χ3v) is 7.80. The molecule has 160 valence electrons. The van der Waals surface area contributed by atoms with Crippen LogP contribution in [0, 0.1) is 0 Å². The molecule has 1 aliphatic heterocycles. The number of hydrogen-bond acceptors (Lipinski definition) is 5. The summed E-state index contributed by atoms with van der Waals surface area (Å²) in [4.78, 5) is 14.2. The zero-order valence-electron chi connectivity index (χ0n) is 17.5. The van der Waals surface area contributed by atoms with E-state index in [0.717, 1.165) is 13.0 Å². The van der Waals surface area contributed by atoms with E-state index in [-0.39, 0.29) is 22.6 Å². The highest BCUT2D eigenvalue weighted by atomic mass is 32.2. The van der Waals surface area contributed by atoms with Gasteiger partial charge in [-0.2, -0.15) is 4.31 Å². The fraction of sp³-hybridized carbons (Fsp3) is 0.409. The second-order valence-electron chi connectivity index (χ2n) is 8.05. The van der Waals surface area contributed by atoms with E-state index in [4.69, 9.17) is 4.42 Å². The molecule has 3 aromatic rings. The number of sulfonamides is 1. The van der Waals surface area contributed by atoms with Crippen LogP contribution >= 0.6 is 0 Å². The van der Waals surface area contributed by atoms with Crippen LogP contribution in [0.3, 0.4) is 0 Å². The lowest BCUT2D eigenvalue weighted by molar-refractivity contribution is 0.0784. The van der Waals surface area contributed by atoms with Gasteiger partial charge in [-0.25, -0.2) is 13.2 Å². The fourth-order valence-electron chi connectivity index (χ4n) is 4.27. The number of nitrogens with zero attached hydrogens (tertiary/aromatic N) is 3. The minimum atomic E-state index is -3.68. The van der Waals surface area contributed by atoms with Crippen molar-refractivity contribution in [2.75, 3.05) is 19.6 Å². The maximum absolute atomic E-state index is 13.3. The predicted molar refractivity (Wildman–Crippen MR) is 116 cm³/mol. The van der Waals surface area contributed by atoms with E-state index >= 15 is 0 Å². The van der Waals surface area contributed by atoms with Gasteiger partial charge >= 0.3 is 5.76 Å². The van der Waals surface area contributed by atoms with Crippen LogP contribution in [0.4, 0.5) is 0 Å². The zero-order valence-corrected chi connectivity index (χ0v) is 18.3. The highest BCUT2D eigenvalue weighted by Gasteiger charge is 2.36. The molecule has 2 heterocycles. The average Bonchev–Trinajstić information content (AvgIpc) is 3.01. The molecule has 4 rings (SSSR count). The van der Waals surface area contributed by atoms with Crippen LogP contribution in [-0.2, 0) is 23.5 Å². The summed E-state index contributed by atoms with van der Waals surface area (Å²) in [5.41, 5.74) is 2.14. The molecular formula is C22H27N3O4S. The van der Waals surface area contributed by atoms with Crippen molar-refractivity contribution in [1.29, 1.82) is 0 Å². The second-order valence-corrected chi connectivity index (χ2v) is 9.99. The average molecular weight is 430 g/mol. The van der Waals surface area contributed by atoms with Gasteiger partial charge in [-0.1, -0.05) is 30.3 Å². The van der Waals surface area contributed by atoms with E-state index in [1.165, 1.54) is 16.2 Å². The summed E-state index contributed by atoms with van der Waals surface area (Å²) in [6, 6.07) is 15.1. The second kappa shape index (κ2) is 8.02. The van der Waals surface area contributed by atoms with Crippen LogP contribution in [0.25, 0.3) is 11.1 Å². The molecular weight excluding hydrogens is 402 g/mol. The number of hydrogen-bond donors (Lipinski definition) is 0. The maximum atomic E-state index is 13.3. The van der Waals surface area contributed by atoms with Gasteiger partial charge in [0.1, 0.15) is 0 Å². The minimum Gasteiger partial charge on any atom is -0.408 e. The summed E-state index contributed by atoms with van der Waals surface area (Å²) < 4.78 is 34.6. The molecule has 2 unspecified atom stereocenters. The lowest BCUT2D eigenvalue weighted by Crippen LogP contribution is -2.58. The fourth-order valence-corrected chi connectivity index (χ4v) is 5.89. The molecule has 30 heavy (non-hydrogen) atoms. The molecule has 0 bridgehead atoms. The smallest absolute Gasteiger partial charge is 0.408 e. The third-order valence-electron chi connectivity index (χ3n) is 5.97. The number of piperazine rings is 1. The van der Waals surface area contributed by atoms with Crippen LogP contribution in [0.1, 0.15) is 19.4 Å². The highest BCUT2D eigenvalue weighted by molar-refractivity contribution is 7.89. The van der Waals surface area contributed by atoms with Crippen molar-refractivity contribution < 1.29 is 12.8 Å². The van der Waals surface area contributed by atoms with Crippen molar-refractivity contribution in [3.05, 3.63) is 64.6 Å². The first-order valence-electron chi connectivity index (χ1n) is 10.2. The Morgan fingerprint density at radius 3 is 2.37 bits per heavy atom. The van der Waals surface area contributed by atoms with Crippen LogP contribution in [-0.4, -0.2) is 53.9 Å². The molecule has 1 saturated heterocycles. The Balaban J connectivity index is 1.51. The number of oxazole rings is 1. The van der Waals surface area contributed by atoms with Gasteiger partial charge in [0.25, 0.3) is 0 Å². The maximum Gasteiger partial charge on any atom is 0.419 e. The number of rotatable bonds is 5. The molecule has 0 N–H and O–H groups in total. The first kappa shape index (κ1) is 20.8. The Morgan fingerprint density at radius 2 is 1.70 bits per heavy atom. The molecule has 1 aliphatic rings. The number of aromatic nitrogens is 1. The summed E-state index contributed by atoms with van der Waals surface area (Å²) in [5, 5.41) is 0. The molecule has 8 heteroatoms. The normalized spacial score (nSPS) is 21.3. The molecule has 1 fully saturated rings. The summed E-state index contributed by atoms with van der Waals surface area (Å²) >= 11 is 0. The van der Waals surface area contributed by atoms with Crippen LogP contribution < -0.4 is 5.76 Å². The van der Waals surface area contributed by atoms with Crippen LogP contribution in [0.2, 0.25) is 0 Å². The summed E-state index contributed by atoms with van der Waals surface area (Å²) in [6.07, 6.45) is 0.936. The van der Waals surface area contributed by atoms with Gasteiger partial charge in [-0.15, -0.1) is 0 Å². The summed E-state index contributed by atoms with van der Waals surface area (Å²) in [5.74, 6) is -0.506. The highest BCUT2D eigenvalue weighted by Crippen LogP contribution is 2.25. The topological polar surface area (TPSA) is 75.8 Å². The minimum absolute atomic E-state index is 0.102. The molecule has 2 aromatic carbocycles. The molecule has 0 spiro atoms. The van der Waals surface area contributed by atoms with Crippen LogP contribution in [0.15, 0.2) is 62.6 Å². The zero-order chi connectivity index (χ0) is 21.5. The lowest BCUT2D eigenvalue weighted by atomic mass is 10.1. The van der Waals surface area contributed by atoms with Crippen molar-refractivity contribution in [2.24, 2.45) is 7.05 Å². The largest absolute Gasteiger partial charge is 0.419 e. The van der Waals surface area contributed by atoms with Crippen molar-refractivity contribution in [1.82, 2.24) is 13.8 Å². The summed E-state index contributed by atoms with van der Waals surface area (Å²) in [6.45, 7) is 5.89. The molecule has 7 nitrogen and oxygen atoms in total. The first-order chi connectivity index (χ1) is 14.3. The van der Waals surface area contributed by atoms with Crippen molar-refractivity contribution >= 4 is 21.1 Å². The van der Waals surface area contributed by atoms with E-state index in [2.05, 4.69) is 30.9 Å². The van der Waals surface area contributed by atoms with Crippen LogP contribution in [0.5, 0.6) is 0 Å². The monoisotopic (exact) mass is 429 g/mol. The Bertz CT molecular complexity index is 1190. The van der Waals surface area contributed by atoms with E-state index < -0.39 is 15.8 Å². The lowest BCUT2D eigenvalue weighted by Gasteiger charge is -2.43. The molecule has 1 aromatic heterocycles. The Kier molecular flexibility index (Phi) is 5.57. The molecule has 2 atom stereocenters. The molecule has 0 radical (unpaired) electrons. The van der Waals surface area contributed by atoms with E-state index in [1.807, 2.05) is 18.2 Å². The van der Waals surface area contributed by atoms with E-state index in [0.29, 0.717) is 18.6 Å². The van der Waals surface area contributed by atoms with E-state index in [9.17, 15) is 13.2 Å². The number of aryl methyl sites for hydroxylation is 1.